The Morgan fingerprint density at radius 2 is 2.15 bits per heavy atom. The number of carbonyl (C=O) groups excluding carboxylic acids is 1. The molecule has 1 unspecified atom stereocenters. The van der Waals surface area contributed by atoms with Gasteiger partial charge in [-0.25, -0.2) is 9.07 Å². The molecule has 1 aromatic carbocycles. The molecule has 0 bridgehead atoms. The molecule has 0 saturated heterocycles. The van der Waals surface area contributed by atoms with Crippen molar-refractivity contribution in [1.29, 1.82) is 0 Å². The van der Waals surface area contributed by atoms with Gasteiger partial charge in [-0.15, -0.1) is 16.4 Å². The summed E-state index contributed by atoms with van der Waals surface area (Å²) in [7, 11) is 0. The number of thiophene rings is 1. The smallest absolute Gasteiger partial charge is 0.226 e. The Hall–Kier alpha value is -2.80. The first-order valence-corrected chi connectivity index (χ1v) is 9.38. The molecular weight excluding hydrogens is 351 g/mol. The molecule has 1 N–H and O–H groups in total. The highest BCUT2D eigenvalue weighted by Gasteiger charge is 2.37. The average molecular weight is 366 g/mol. The van der Waals surface area contributed by atoms with Gasteiger partial charge in [0.1, 0.15) is 11.9 Å². The van der Waals surface area contributed by atoms with Gasteiger partial charge in [0, 0.05) is 17.7 Å². The van der Waals surface area contributed by atoms with Crippen molar-refractivity contribution in [1.82, 2.24) is 14.8 Å². The summed E-state index contributed by atoms with van der Waals surface area (Å²) >= 11 is 1.56. The Morgan fingerprint density at radius 1 is 1.23 bits per heavy atom. The minimum absolute atomic E-state index is 0.0897. The molecule has 3 aromatic rings. The number of carbonyl (C=O) groups is 1. The zero-order valence-electron chi connectivity index (χ0n) is 13.8. The van der Waals surface area contributed by atoms with Crippen LogP contribution in [0.2, 0.25) is 0 Å². The number of Topliss-reactive ketones (excluding diaryl/α,β-unsaturated/α-hetero) is 1. The van der Waals surface area contributed by atoms with Gasteiger partial charge in [-0.2, -0.15) is 4.98 Å². The number of hydrogen-bond donors (Lipinski definition) is 1. The molecule has 1 aliphatic carbocycles. The molecule has 2 aliphatic rings. The van der Waals surface area contributed by atoms with Crippen molar-refractivity contribution in [3.8, 4) is 10.7 Å². The molecule has 130 valence electrons. The van der Waals surface area contributed by atoms with E-state index in [2.05, 4.69) is 15.4 Å². The number of rotatable bonds is 2. The normalized spacial score (nSPS) is 19.1. The van der Waals surface area contributed by atoms with E-state index >= 15 is 0 Å². The van der Waals surface area contributed by atoms with Gasteiger partial charge in [0.15, 0.2) is 11.6 Å². The Bertz CT molecular complexity index is 1040. The van der Waals surface area contributed by atoms with Gasteiger partial charge < -0.3 is 5.32 Å². The highest BCUT2D eigenvalue weighted by molar-refractivity contribution is 7.13. The molecular formula is C19H15FN4OS. The Balaban J connectivity index is 1.71. The number of halogens is 1. The van der Waals surface area contributed by atoms with E-state index in [-0.39, 0.29) is 11.6 Å². The first kappa shape index (κ1) is 15.5. The summed E-state index contributed by atoms with van der Waals surface area (Å²) in [6.45, 7) is 0. The van der Waals surface area contributed by atoms with Crippen LogP contribution in [0.4, 0.5) is 10.3 Å². The predicted octanol–water partition coefficient (Wildman–Crippen LogP) is 4.17. The number of allylic oxidation sites excluding steroid dienone is 2. The maximum Gasteiger partial charge on any atom is 0.226 e. The average Bonchev–Trinajstić information content (AvgIpc) is 3.29. The van der Waals surface area contributed by atoms with Crippen LogP contribution in [0.3, 0.4) is 0 Å². The Kier molecular flexibility index (Phi) is 3.49. The molecule has 1 aliphatic heterocycles. The number of nitrogens with zero attached hydrogens (tertiary/aromatic N) is 3. The Labute approximate surface area is 153 Å². The van der Waals surface area contributed by atoms with Crippen LogP contribution < -0.4 is 5.32 Å². The molecule has 1 atom stereocenters. The maximum atomic E-state index is 13.9. The second kappa shape index (κ2) is 5.88. The number of benzene rings is 1. The van der Waals surface area contributed by atoms with Gasteiger partial charge in [0.2, 0.25) is 5.95 Å². The van der Waals surface area contributed by atoms with E-state index in [0.29, 0.717) is 29.3 Å². The molecule has 5 rings (SSSR count). The highest BCUT2D eigenvalue weighted by atomic mass is 32.1. The molecule has 0 spiro atoms. The fourth-order valence-electron chi connectivity index (χ4n) is 3.65. The second-order valence-electron chi connectivity index (χ2n) is 6.43. The molecule has 0 amide bonds. The number of aromatic nitrogens is 3. The van der Waals surface area contributed by atoms with Crippen LogP contribution in [-0.4, -0.2) is 20.5 Å². The van der Waals surface area contributed by atoms with E-state index in [1.54, 1.807) is 22.1 Å². The van der Waals surface area contributed by atoms with Gasteiger partial charge >= 0.3 is 0 Å². The third kappa shape index (κ3) is 2.39. The third-order valence-electron chi connectivity index (χ3n) is 4.77. The van der Waals surface area contributed by atoms with Crippen molar-refractivity contribution in [3.63, 3.8) is 0 Å². The second-order valence-corrected chi connectivity index (χ2v) is 7.38. The van der Waals surface area contributed by atoms with Crippen LogP contribution in [0.15, 0.2) is 53.0 Å². The molecule has 0 fully saturated rings. The van der Waals surface area contributed by atoms with E-state index in [1.807, 2.05) is 23.6 Å². The molecule has 0 radical (unpaired) electrons. The van der Waals surface area contributed by atoms with Gasteiger partial charge in [0.05, 0.1) is 4.88 Å². The zero-order valence-corrected chi connectivity index (χ0v) is 14.6. The summed E-state index contributed by atoms with van der Waals surface area (Å²) in [6.07, 6.45) is 2.11. The summed E-state index contributed by atoms with van der Waals surface area (Å²) in [4.78, 5) is 18.3. The van der Waals surface area contributed by atoms with Gasteiger partial charge in [-0.05, 0) is 42.0 Å². The van der Waals surface area contributed by atoms with E-state index in [0.717, 1.165) is 23.4 Å². The van der Waals surface area contributed by atoms with Gasteiger partial charge in [-0.3, -0.25) is 4.79 Å². The molecule has 26 heavy (non-hydrogen) atoms. The van der Waals surface area contributed by atoms with Crippen molar-refractivity contribution in [2.24, 2.45) is 0 Å². The molecule has 2 aromatic heterocycles. The maximum absolute atomic E-state index is 13.9. The van der Waals surface area contributed by atoms with E-state index in [4.69, 9.17) is 0 Å². The number of hydrogen-bond acceptors (Lipinski definition) is 5. The van der Waals surface area contributed by atoms with Crippen LogP contribution in [-0.2, 0) is 4.79 Å². The number of fused-ring (bicyclic) bond motifs is 1. The minimum atomic E-state index is -0.453. The standard InChI is InChI=1S/C19H15FN4OS/c20-12-5-1-4-11(10-12)17-16-13(6-2-7-14(16)25)21-19-22-18(23-24(17)19)15-8-3-9-26-15/h1,3-5,8-10,17H,2,6-7H2,(H,21,22,23). The quantitative estimate of drug-likeness (QED) is 0.740. The van der Waals surface area contributed by atoms with Crippen molar-refractivity contribution in [2.75, 3.05) is 5.32 Å². The first-order chi connectivity index (χ1) is 12.7. The van der Waals surface area contributed by atoms with Crippen molar-refractivity contribution >= 4 is 23.1 Å². The van der Waals surface area contributed by atoms with E-state index in [1.165, 1.54) is 12.1 Å². The SMILES string of the molecule is O=C1CCCC2=C1C(c1cccc(F)c1)n1nc(-c3cccs3)nc1N2. The summed E-state index contributed by atoms with van der Waals surface area (Å²) in [6, 6.07) is 9.83. The van der Waals surface area contributed by atoms with Crippen LogP contribution in [0.25, 0.3) is 10.7 Å². The largest absolute Gasteiger partial charge is 0.328 e. The van der Waals surface area contributed by atoms with Crippen LogP contribution in [0, 0.1) is 5.82 Å². The van der Waals surface area contributed by atoms with E-state index < -0.39 is 6.04 Å². The summed E-state index contributed by atoms with van der Waals surface area (Å²) in [5.41, 5.74) is 2.27. The van der Waals surface area contributed by atoms with Gasteiger partial charge in [0.25, 0.3) is 0 Å². The number of ketones is 1. The Morgan fingerprint density at radius 3 is 2.96 bits per heavy atom. The fourth-order valence-corrected chi connectivity index (χ4v) is 4.30. The predicted molar refractivity (Wildman–Crippen MR) is 97.4 cm³/mol. The number of nitrogens with one attached hydrogen (secondary N) is 1. The monoisotopic (exact) mass is 366 g/mol. The first-order valence-electron chi connectivity index (χ1n) is 8.50. The fraction of sp³-hybridized carbons (Fsp3) is 0.211. The van der Waals surface area contributed by atoms with Crippen LogP contribution in [0.1, 0.15) is 30.9 Å². The zero-order chi connectivity index (χ0) is 17.7. The van der Waals surface area contributed by atoms with Crippen molar-refractivity contribution in [2.45, 2.75) is 25.3 Å². The number of anilines is 1. The van der Waals surface area contributed by atoms with Crippen LogP contribution in [0.5, 0.6) is 0 Å². The third-order valence-corrected chi connectivity index (χ3v) is 5.64. The van der Waals surface area contributed by atoms with E-state index in [9.17, 15) is 9.18 Å². The lowest BCUT2D eigenvalue weighted by atomic mass is 9.85. The van der Waals surface area contributed by atoms with Gasteiger partial charge in [-0.1, -0.05) is 18.2 Å². The molecule has 5 nitrogen and oxygen atoms in total. The molecule has 7 heteroatoms. The lowest BCUT2D eigenvalue weighted by Gasteiger charge is -2.32. The highest BCUT2D eigenvalue weighted by Crippen LogP contribution is 2.40. The lowest BCUT2D eigenvalue weighted by Crippen LogP contribution is -2.31. The molecule has 0 saturated carbocycles. The molecule has 3 heterocycles. The lowest BCUT2D eigenvalue weighted by molar-refractivity contribution is -0.116. The topological polar surface area (TPSA) is 59.8 Å². The summed E-state index contributed by atoms with van der Waals surface area (Å²) < 4.78 is 15.6. The minimum Gasteiger partial charge on any atom is -0.328 e. The summed E-state index contributed by atoms with van der Waals surface area (Å²) in [5.74, 6) is 0.964. The van der Waals surface area contributed by atoms with Crippen molar-refractivity contribution < 1.29 is 9.18 Å². The van der Waals surface area contributed by atoms with Crippen molar-refractivity contribution in [3.05, 3.63) is 64.4 Å². The summed E-state index contributed by atoms with van der Waals surface area (Å²) in [5, 5.41) is 9.91. The van der Waals surface area contributed by atoms with Crippen LogP contribution >= 0.6 is 11.3 Å².